The molecule has 1 unspecified atom stereocenters. The Morgan fingerprint density at radius 3 is 3.00 bits per heavy atom. The molecular formula is C11H14N4S. The van der Waals surface area contributed by atoms with E-state index in [0.717, 1.165) is 12.1 Å². The molecule has 84 valence electrons. The van der Waals surface area contributed by atoms with Crippen LogP contribution in [0.1, 0.15) is 22.9 Å². The molecule has 0 amide bonds. The van der Waals surface area contributed by atoms with E-state index in [1.165, 1.54) is 22.9 Å². The fourth-order valence-electron chi connectivity index (χ4n) is 1.65. The number of benzene rings is 1. The smallest absolute Gasteiger partial charge is 0.0929 e. The molecule has 5 heteroatoms. The lowest BCUT2D eigenvalue weighted by atomic mass is 10.0. The second kappa shape index (κ2) is 5.16. The van der Waals surface area contributed by atoms with Crippen molar-refractivity contribution >= 4 is 11.7 Å². The molecule has 1 atom stereocenters. The van der Waals surface area contributed by atoms with Gasteiger partial charge in [0.2, 0.25) is 0 Å². The Bertz CT molecular complexity index is 441. The van der Waals surface area contributed by atoms with Gasteiger partial charge < -0.3 is 0 Å². The van der Waals surface area contributed by atoms with Gasteiger partial charge in [0.25, 0.3) is 0 Å². The van der Waals surface area contributed by atoms with Crippen molar-refractivity contribution in [3.8, 4) is 0 Å². The van der Waals surface area contributed by atoms with Crippen molar-refractivity contribution < 1.29 is 0 Å². The fourth-order valence-corrected chi connectivity index (χ4v) is 2.12. The Kier molecular flexibility index (Phi) is 3.61. The molecule has 0 saturated carbocycles. The SMILES string of the molecule is Cc1cccc(CC(NN)c2cnsn2)c1. The summed E-state index contributed by atoms with van der Waals surface area (Å²) in [5.74, 6) is 5.54. The van der Waals surface area contributed by atoms with Crippen molar-refractivity contribution in [2.24, 2.45) is 5.84 Å². The molecule has 0 bridgehead atoms. The number of nitrogens with one attached hydrogen (secondary N) is 1. The Hall–Kier alpha value is -1.30. The molecule has 2 aromatic rings. The summed E-state index contributed by atoms with van der Waals surface area (Å²) < 4.78 is 8.18. The lowest BCUT2D eigenvalue weighted by Crippen LogP contribution is -2.29. The third-order valence-electron chi connectivity index (χ3n) is 2.46. The second-order valence-corrected chi connectivity index (χ2v) is 4.30. The molecule has 0 aliphatic rings. The van der Waals surface area contributed by atoms with Gasteiger partial charge in [-0.25, -0.2) is 0 Å². The van der Waals surface area contributed by atoms with Crippen LogP contribution in [0.2, 0.25) is 0 Å². The Balaban J connectivity index is 2.13. The number of rotatable bonds is 4. The van der Waals surface area contributed by atoms with Crippen LogP contribution in [-0.4, -0.2) is 8.75 Å². The van der Waals surface area contributed by atoms with E-state index in [1.54, 1.807) is 6.20 Å². The highest BCUT2D eigenvalue weighted by Crippen LogP contribution is 2.16. The van der Waals surface area contributed by atoms with Gasteiger partial charge in [0, 0.05) is 0 Å². The van der Waals surface area contributed by atoms with E-state index in [4.69, 9.17) is 5.84 Å². The molecule has 1 aromatic carbocycles. The zero-order valence-electron chi connectivity index (χ0n) is 9.05. The summed E-state index contributed by atoms with van der Waals surface area (Å²) in [6.07, 6.45) is 2.58. The van der Waals surface area contributed by atoms with Gasteiger partial charge in [-0.1, -0.05) is 29.8 Å². The van der Waals surface area contributed by atoms with Gasteiger partial charge in [-0.05, 0) is 18.9 Å². The molecule has 0 aliphatic heterocycles. The van der Waals surface area contributed by atoms with E-state index in [9.17, 15) is 0 Å². The Morgan fingerprint density at radius 1 is 1.50 bits per heavy atom. The zero-order chi connectivity index (χ0) is 11.4. The van der Waals surface area contributed by atoms with E-state index in [0.29, 0.717) is 0 Å². The van der Waals surface area contributed by atoms with Crippen LogP contribution in [0.4, 0.5) is 0 Å². The summed E-state index contributed by atoms with van der Waals surface area (Å²) >= 11 is 1.20. The van der Waals surface area contributed by atoms with Crippen LogP contribution < -0.4 is 11.3 Å². The largest absolute Gasteiger partial charge is 0.271 e. The number of hydrogen-bond donors (Lipinski definition) is 2. The van der Waals surface area contributed by atoms with Crippen LogP contribution in [-0.2, 0) is 6.42 Å². The van der Waals surface area contributed by atoms with Crippen molar-refractivity contribution in [1.82, 2.24) is 14.2 Å². The predicted octanol–water partition coefficient (Wildman–Crippen LogP) is 1.59. The van der Waals surface area contributed by atoms with Crippen molar-refractivity contribution in [3.63, 3.8) is 0 Å². The maximum atomic E-state index is 5.54. The highest BCUT2D eigenvalue weighted by Gasteiger charge is 2.13. The van der Waals surface area contributed by atoms with E-state index < -0.39 is 0 Å². The molecule has 0 saturated heterocycles. The van der Waals surface area contributed by atoms with E-state index >= 15 is 0 Å². The molecule has 2 rings (SSSR count). The van der Waals surface area contributed by atoms with Gasteiger partial charge in [0.05, 0.1) is 29.7 Å². The average Bonchev–Trinajstić information content (AvgIpc) is 2.79. The molecule has 3 N–H and O–H groups in total. The van der Waals surface area contributed by atoms with Gasteiger partial charge >= 0.3 is 0 Å². The van der Waals surface area contributed by atoms with Gasteiger partial charge in [0.15, 0.2) is 0 Å². The zero-order valence-corrected chi connectivity index (χ0v) is 9.87. The maximum Gasteiger partial charge on any atom is 0.0929 e. The predicted molar refractivity (Wildman–Crippen MR) is 64.9 cm³/mol. The van der Waals surface area contributed by atoms with Crippen LogP contribution in [0.5, 0.6) is 0 Å². The number of nitrogens with zero attached hydrogens (tertiary/aromatic N) is 2. The number of hydrazine groups is 1. The second-order valence-electron chi connectivity index (χ2n) is 3.74. The van der Waals surface area contributed by atoms with Gasteiger partial charge in [-0.2, -0.15) is 8.75 Å². The van der Waals surface area contributed by atoms with Gasteiger partial charge in [-0.3, -0.25) is 11.3 Å². The number of aryl methyl sites for hydroxylation is 1. The van der Waals surface area contributed by atoms with Crippen molar-refractivity contribution in [2.45, 2.75) is 19.4 Å². The first-order chi connectivity index (χ1) is 7.79. The minimum Gasteiger partial charge on any atom is -0.271 e. The normalized spacial score (nSPS) is 12.6. The highest BCUT2D eigenvalue weighted by atomic mass is 32.1. The minimum atomic E-state index is 0.0283. The lowest BCUT2D eigenvalue weighted by Gasteiger charge is -2.13. The Morgan fingerprint density at radius 2 is 2.38 bits per heavy atom. The summed E-state index contributed by atoms with van der Waals surface area (Å²) in [5.41, 5.74) is 6.17. The standard InChI is InChI=1S/C11H14N4S/c1-8-3-2-4-9(5-8)6-10(14-12)11-7-13-16-15-11/h2-5,7,10,14H,6,12H2,1H3. The van der Waals surface area contributed by atoms with Crippen molar-refractivity contribution in [3.05, 3.63) is 47.3 Å². The topological polar surface area (TPSA) is 63.8 Å². The van der Waals surface area contributed by atoms with E-state index in [1.807, 2.05) is 0 Å². The third-order valence-corrected chi connectivity index (χ3v) is 2.95. The highest BCUT2D eigenvalue weighted by molar-refractivity contribution is 6.99. The summed E-state index contributed by atoms with van der Waals surface area (Å²) in [4.78, 5) is 0. The average molecular weight is 234 g/mol. The third kappa shape index (κ3) is 2.63. The molecule has 1 aromatic heterocycles. The quantitative estimate of drug-likeness (QED) is 0.623. The van der Waals surface area contributed by atoms with Crippen LogP contribution >= 0.6 is 11.7 Å². The van der Waals surface area contributed by atoms with E-state index in [-0.39, 0.29) is 6.04 Å². The van der Waals surface area contributed by atoms with Crippen molar-refractivity contribution in [2.75, 3.05) is 0 Å². The molecule has 4 nitrogen and oxygen atoms in total. The van der Waals surface area contributed by atoms with Crippen LogP contribution in [0.3, 0.4) is 0 Å². The monoisotopic (exact) mass is 234 g/mol. The number of nitrogens with two attached hydrogens (primary N) is 1. The van der Waals surface area contributed by atoms with Crippen LogP contribution in [0.25, 0.3) is 0 Å². The van der Waals surface area contributed by atoms with Crippen LogP contribution in [0.15, 0.2) is 30.5 Å². The summed E-state index contributed by atoms with van der Waals surface area (Å²) in [6.45, 7) is 2.08. The lowest BCUT2D eigenvalue weighted by molar-refractivity contribution is 0.542. The minimum absolute atomic E-state index is 0.0283. The molecule has 1 heterocycles. The van der Waals surface area contributed by atoms with Crippen molar-refractivity contribution in [1.29, 1.82) is 0 Å². The molecule has 0 aliphatic carbocycles. The van der Waals surface area contributed by atoms with Gasteiger partial charge in [-0.15, -0.1) is 0 Å². The molecule has 16 heavy (non-hydrogen) atoms. The first-order valence-corrected chi connectivity index (χ1v) is 5.82. The summed E-state index contributed by atoms with van der Waals surface area (Å²) in [6, 6.07) is 8.41. The van der Waals surface area contributed by atoms with Gasteiger partial charge in [0.1, 0.15) is 0 Å². The van der Waals surface area contributed by atoms with Crippen LogP contribution in [0, 0.1) is 6.92 Å². The first-order valence-electron chi connectivity index (χ1n) is 5.08. The Labute approximate surface area is 98.8 Å². The summed E-state index contributed by atoms with van der Waals surface area (Å²) in [7, 11) is 0. The number of hydrogen-bond acceptors (Lipinski definition) is 5. The first kappa shape index (κ1) is 11.2. The molecule has 0 spiro atoms. The molecular weight excluding hydrogens is 220 g/mol. The fraction of sp³-hybridized carbons (Fsp3) is 0.273. The number of aromatic nitrogens is 2. The molecule has 0 fully saturated rings. The van der Waals surface area contributed by atoms with E-state index in [2.05, 4.69) is 45.4 Å². The molecule has 0 radical (unpaired) electrons. The summed E-state index contributed by atoms with van der Waals surface area (Å²) in [5, 5.41) is 0. The maximum absolute atomic E-state index is 5.54.